The first-order valence-corrected chi connectivity index (χ1v) is 9.82. The number of aliphatic imine (C=N–C) groups is 1. The molecule has 0 radical (unpaired) electrons. The first kappa shape index (κ1) is 26.7. The molecule has 1 fully saturated rings. The molecule has 1 aliphatic rings. The number of nitrogens with one attached hydrogen (secondary N) is 2. The van der Waals surface area contributed by atoms with Crippen molar-refractivity contribution in [3.8, 4) is 5.88 Å². The minimum Gasteiger partial charge on any atom is -0.468 e. The van der Waals surface area contributed by atoms with Gasteiger partial charge in [0.1, 0.15) is 0 Å². The topological polar surface area (TPSA) is 77.0 Å². The number of rotatable bonds is 11. The van der Waals surface area contributed by atoms with Crippen LogP contribution in [0.15, 0.2) is 23.3 Å². The lowest BCUT2D eigenvalue weighted by atomic mass is 10.2. The van der Waals surface area contributed by atoms with Gasteiger partial charge in [-0.15, -0.1) is 24.0 Å². The van der Waals surface area contributed by atoms with E-state index >= 15 is 0 Å². The zero-order chi connectivity index (χ0) is 21.0. The Morgan fingerprint density at radius 1 is 1.33 bits per heavy atom. The van der Waals surface area contributed by atoms with Gasteiger partial charge in [0, 0.05) is 38.6 Å². The summed E-state index contributed by atoms with van der Waals surface area (Å²) in [7, 11) is 0. The van der Waals surface area contributed by atoms with E-state index in [1.807, 2.05) is 6.92 Å². The zero-order valence-electron chi connectivity index (χ0n) is 17.0. The highest BCUT2D eigenvalue weighted by Gasteiger charge is 2.28. The molecule has 0 aliphatic carbocycles. The molecule has 1 aliphatic heterocycles. The number of halogens is 4. The van der Waals surface area contributed by atoms with Gasteiger partial charge >= 0.3 is 6.18 Å². The van der Waals surface area contributed by atoms with E-state index in [2.05, 4.69) is 25.3 Å². The standard InChI is InChI=1S/C19H29F3N4O3.HI/c1-2-23-18(24-8-4-9-27-13-16-5-3-10-28-16)26-12-15-6-7-17(25-11-15)29-14-19(20,21)22;/h6-7,11,16H,2-5,8-10,12-14H2,1H3,(H2,23,24,26);1H. The van der Waals surface area contributed by atoms with Crippen LogP contribution in [0.4, 0.5) is 13.2 Å². The molecule has 1 aromatic rings. The highest BCUT2D eigenvalue weighted by Crippen LogP contribution is 2.17. The van der Waals surface area contributed by atoms with Gasteiger partial charge < -0.3 is 24.8 Å². The van der Waals surface area contributed by atoms with Gasteiger partial charge in [0.05, 0.1) is 19.3 Å². The van der Waals surface area contributed by atoms with Gasteiger partial charge in [-0.05, 0) is 31.7 Å². The van der Waals surface area contributed by atoms with E-state index in [0.29, 0.717) is 38.8 Å². The maximum absolute atomic E-state index is 12.1. The van der Waals surface area contributed by atoms with Crippen LogP contribution in [0.25, 0.3) is 0 Å². The number of nitrogens with zero attached hydrogens (tertiary/aromatic N) is 2. The Labute approximate surface area is 192 Å². The average molecular weight is 546 g/mol. The largest absolute Gasteiger partial charge is 0.468 e. The molecule has 0 saturated carbocycles. The number of alkyl halides is 3. The minimum absolute atomic E-state index is 0. The van der Waals surface area contributed by atoms with Gasteiger partial charge in [-0.2, -0.15) is 13.2 Å². The second kappa shape index (κ2) is 14.6. The normalized spacial score (nSPS) is 16.8. The Morgan fingerprint density at radius 2 is 2.17 bits per heavy atom. The minimum atomic E-state index is -4.38. The fourth-order valence-corrected chi connectivity index (χ4v) is 2.63. The molecule has 30 heavy (non-hydrogen) atoms. The van der Waals surface area contributed by atoms with Crippen LogP contribution in [0, 0.1) is 0 Å². The predicted molar refractivity (Wildman–Crippen MR) is 118 cm³/mol. The molecule has 1 aromatic heterocycles. The summed E-state index contributed by atoms with van der Waals surface area (Å²) in [5, 5.41) is 6.37. The number of hydrogen-bond donors (Lipinski definition) is 2. The van der Waals surface area contributed by atoms with Crippen LogP contribution in [-0.2, 0) is 16.0 Å². The summed E-state index contributed by atoms with van der Waals surface area (Å²) in [5.74, 6) is 0.590. The van der Waals surface area contributed by atoms with Crippen molar-refractivity contribution in [1.29, 1.82) is 0 Å². The third-order valence-electron chi connectivity index (χ3n) is 4.03. The van der Waals surface area contributed by atoms with E-state index in [1.54, 1.807) is 6.07 Å². The highest BCUT2D eigenvalue weighted by atomic mass is 127. The summed E-state index contributed by atoms with van der Waals surface area (Å²) in [6, 6.07) is 3.05. The van der Waals surface area contributed by atoms with Crippen molar-refractivity contribution >= 4 is 29.9 Å². The molecular formula is C19H30F3IN4O3. The molecule has 172 valence electrons. The SMILES string of the molecule is CCNC(=NCc1ccc(OCC(F)(F)F)nc1)NCCCOCC1CCCO1.I. The maximum Gasteiger partial charge on any atom is 0.422 e. The van der Waals surface area contributed by atoms with Crippen molar-refractivity contribution in [2.75, 3.05) is 39.5 Å². The maximum atomic E-state index is 12.1. The molecule has 1 saturated heterocycles. The third kappa shape index (κ3) is 11.7. The van der Waals surface area contributed by atoms with E-state index in [1.165, 1.54) is 12.3 Å². The number of guanidine groups is 1. The Kier molecular flexibility index (Phi) is 13.0. The Hall–Kier alpha value is -1.34. The van der Waals surface area contributed by atoms with Gasteiger partial charge in [0.15, 0.2) is 12.6 Å². The van der Waals surface area contributed by atoms with Crippen LogP contribution >= 0.6 is 24.0 Å². The van der Waals surface area contributed by atoms with Crippen LogP contribution in [0.2, 0.25) is 0 Å². The first-order valence-electron chi connectivity index (χ1n) is 9.82. The summed E-state index contributed by atoms with van der Waals surface area (Å²) in [6.45, 7) is 4.50. The van der Waals surface area contributed by atoms with Crippen LogP contribution in [0.3, 0.4) is 0 Å². The van der Waals surface area contributed by atoms with Crippen molar-refractivity contribution < 1.29 is 27.4 Å². The van der Waals surface area contributed by atoms with E-state index in [9.17, 15) is 13.2 Å². The van der Waals surface area contributed by atoms with E-state index < -0.39 is 12.8 Å². The molecule has 2 rings (SSSR count). The monoisotopic (exact) mass is 546 g/mol. The fourth-order valence-electron chi connectivity index (χ4n) is 2.63. The lowest BCUT2D eigenvalue weighted by molar-refractivity contribution is -0.154. The molecule has 2 heterocycles. The smallest absolute Gasteiger partial charge is 0.422 e. The molecule has 2 N–H and O–H groups in total. The summed E-state index contributed by atoms with van der Waals surface area (Å²) in [6.07, 6.45) is 0.325. The van der Waals surface area contributed by atoms with Crippen LogP contribution in [-0.4, -0.2) is 62.7 Å². The second-order valence-electron chi connectivity index (χ2n) is 6.59. The zero-order valence-corrected chi connectivity index (χ0v) is 19.4. The molecular weight excluding hydrogens is 516 g/mol. The quantitative estimate of drug-likeness (QED) is 0.192. The lowest BCUT2D eigenvalue weighted by Crippen LogP contribution is -2.38. The molecule has 0 spiro atoms. The lowest BCUT2D eigenvalue weighted by Gasteiger charge is -2.13. The van der Waals surface area contributed by atoms with Crippen LogP contribution in [0.5, 0.6) is 5.88 Å². The number of hydrogen-bond acceptors (Lipinski definition) is 5. The molecule has 7 nitrogen and oxygen atoms in total. The number of aromatic nitrogens is 1. The molecule has 1 atom stereocenters. The number of pyridine rings is 1. The van der Waals surface area contributed by atoms with Crippen molar-refractivity contribution in [3.63, 3.8) is 0 Å². The van der Waals surface area contributed by atoms with Gasteiger partial charge in [-0.3, -0.25) is 0 Å². The third-order valence-corrected chi connectivity index (χ3v) is 4.03. The summed E-state index contributed by atoms with van der Waals surface area (Å²) < 4.78 is 52.2. The van der Waals surface area contributed by atoms with Crippen molar-refractivity contribution in [1.82, 2.24) is 15.6 Å². The second-order valence-corrected chi connectivity index (χ2v) is 6.59. The molecule has 1 unspecified atom stereocenters. The average Bonchev–Trinajstić information content (AvgIpc) is 3.21. The summed E-state index contributed by atoms with van der Waals surface area (Å²) in [4.78, 5) is 8.33. The number of ether oxygens (including phenoxy) is 3. The van der Waals surface area contributed by atoms with Gasteiger partial charge in [-0.1, -0.05) is 6.07 Å². The molecule has 0 aromatic carbocycles. The highest BCUT2D eigenvalue weighted by molar-refractivity contribution is 14.0. The fraction of sp³-hybridized carbons (Fsp3) is 0.684. The van der Waals surface area contributed by atoms with Crippen LogP contribution < -0.4 is 15.4 Å². The predicted octanol–water partition coefficient (Wildman–Crippen LogP) is 3.28. The van der Waals surface area contributed by atoms with Crippen LogP contribution in [0.1, 0.15) is 31.7 Å². The molecule has 11 heteroatoms. The van der Waals surface area contributed by atoms with Crippen molar-refractivity contribution in [3.05, 3.63) is 23.9 Å². The molecule has 0 amide bonds. The van der Waals surface area contributed by atoms with Crippen molar-refractivity contribution in [2.24, 2.45) is 4.99 Å². The van der Waals surface area contributed by atoms with E-state index in [0.717, 1.165) is 31.4 Å². The Bertz CT molecular complexity index is 612. The summed E-state index contributed by atoms with van der Waals surface area (Å²) in [5.41, 5.74) is 0.765. The first-order chi connectivity index (χ1) is 14.0. The van der Waals surface area contributed by atoms with E-state index in [-0.39, 0.29) is 36.0 Å². The van der Waals surface area contributed by atoms with Gasteiger partial charge in [-0.25, -0.2) is 9.98 Å². The summed E-state index contributed by atoms with van der Waals surface area (Å²) >= 11 is 0. The Balaban J connectivity index is 0.00000450. The van der Waals surface area contributed by atoms with E-state index in [4.69, 9.17) is 9.47 Å². The van der Waals surface area contributed by atoms with Gasteiger partial charge in [0.2, 0.25) is 5.88 Å². The molecule has 0 bridgehead atoms. The Morgan fingerprint density at radius 3 is 2.80 bits per heavy atom. The van der Waals surface area contributed by atoms with Crippen molar-refractivity contribution in [2.45, 2.75) is 45.0 Å². The van der Waals surface area contributed by atoms with Gasteiger partial charge in [0.25, 0.3) is 0 Å².